The molecule has 5 nitrogen and oxygen atoms in total. The van der Waals surface area contributed by atoms with Gasteiger partial charge < -0.3 is 10.4 Å². The molecule has 0 spiro atoms. The van der Waals surface area contributed by atoms with E-state index >= 15 is 0 Å². The number of alkyl halides is 2. The Kier molecular flexibility index (Phi) is 4.62. The van der Waals surface area contributed by atoms with Crippen molar-refractivity contribution in [3.63, 3.8) is 0 Å². The van der Waals surface area contributed by atoms with Crippen LogP contribution in [0.15, 0.2) is 24.4 Å². The lowest BCUT2D eigenvalue weighted by molar-refractivity contribution is 0.0696. The molecule has 1 aliphatic rings. The summed E-state index contributed by atoms with van der Waals surface area (Å²) in [7, 11) is 0. The van der Waals surface area contributed by atoms with E-state index in [4.69, 9.17) is 5.11 Å². The highest BCUT2D eigenvalue weighted by Gasteiger charge is 2.22. The number of hydrogen-bond donors (Lipinski definition) is 2. The van der Waals surface area contributed by atoms with Crippen LogP contribution in [0.5, 0.6) is 0 Å². The number of aromatic nitrogens is 2. The quantitative estimate of drug-likeness (QED) is 0.851. The Bertz CT molecular complexity index is 758. The second-order valence-electron chi connectivity index (χ2n) is 6.13. The minimum atomic E-state index is -2.42. The first-order valence-corrected chi connectivity index (χ1v) is 7.82. The van der Waals surface area contributed by atoms with Gasteiger partial charge in [0.1, 0.15) is 6.54 Å². The third-order valence-corrected chi connectivity index (χ3v) is 4.34. The van der Waals surface area contributed by atoms with Gasteiger partial charge in [-0.1, -0.05) is 6.07 Å². The maximum Gasteiger partial charge on any atom is 0.335 e. The minimum absolute atomic E-state index is 0.210. The highest BCUT2D eigenvalue weighted by molar-refractivity contribution is 5.88. The number of carbonyl (C=O) groups is 1. The van der Waals surface area contributed by atoms with Gasteiger partial charge in [0, 0.05) is 24.3 Å². The average Bonchev–Trinajstić information content (AvgIpc) is 3.06. The van der Waals surface area contributed by atoms with Crippen molar-refractivity contribution in [2.45, 2.75) is 45.3 Å². The molecule has 0 amide bonds. The molecule has 128 valence electrons. The Hall–Kier alpha value is -2.28. The summed E-state index contributed by atoms with van der Waals surface area (Å²) in [5.74, 6) is -0.920. The van der Waals surface area contributed by atoms with Gasteiger partial charge in [0.25, 0.3) is 6.43 Å². The summed E-state index contributed by atoms with van der Waals surface area (Å²) in [6, 6.07) is 5.43. The molecule has 0 radical (unpaired) electrons. The normalized spacial score (nSPS) is 16.6. The van der Waals surface area contributed by atoms with E-state index in [-0.39, 0.29) is 6.04 Å². The minimum Gasteiger partial charge on any atom is -0.478 e. The molecular formula is C17H19F2N3O2. The molecule has 7 heteroatoms. The van der Waals surface area contributed by atoms with Crippen LogP contribution in [-0.2, 0) is 25.9 Å². The molecule has 2 N–H and O–H groups in total. The molecule has 1 aliphatic carbocycles. The zero-order chi connectivity index (χ0) is 17.3. The predicted molar refractivity (Wildman–Crippen MR) is 84.4 cm³/mol. The van der Waals surface area contributed by atoms with Gasteiger partial charge in [-0.25, -0.2) is 13.6 Å². The molecule has 1 aromatic heterocycles. The molecule has 0 fully saturated rings. The highest BCUT2D eigenvalue weighted by Crippen LogP contribution is 2.24. The fourth-order valence-corrected chi connectivity index (χ4v) is 3.12. The molecule has 0 aliphatic heterocycles. The van der Waals surface area contributed by atoms with Crippen LogP contribution < -0.4 is 5.32 Å². The van der Waals surface area contributed by atoms with Gasteiger partial charge >= 0.3 is 5.97 Å². The lowest BCUT2D eigenvalue weighted by atomic mass is 10.1. The van der Waals surface area contributed by atoms with E-state index in [0.29, 0.717) is 12.1 Å². The number of carboxylic acid groups (broad SMARTS) is 1. The number of nitrogens with zero attached hydrogens (tertiary/aromatic N) is 2. The largest absolute Gasteiger partial charge is 0.478 e. The van der Waals surface area contributed by atoms with Crippen LogP contribution >= 0.6 is 0 Å². The van der Waals surface area contributed by atoms with Crippen LogP contribution in [0, 0.1) is 6.92 Å². The number of fused-ring (bicyclic) bond motifs is 1. The van der Waals surface area contributed by atoms with E-state index in [1.165, 1.54) is 4.68 Å². The number of hydrogen-bond acceptors (Lipinski definition) is 3. The molecule has 0 saturated heterocycles. The maximum absolute atomic E-state index is 12.4. The number of halogens is 2. The predicted octanol–water partition coefficient (Wildman–Crippen LogP) is 2.41. The summed E-state index contributed by atoms with van der Waals surface area (Å²) in [5.41, 5.74) is 4.16. The Morgan fingerprint density at radius 3 is 2.88 bits per heavy atom. The van der Waals surface area contributed by atoms with E-state index in [1.807, 2.05) is 13.0 Å². The fourth-order valence-electron chi connectivity index (χ4n) is 3.12. The van der Waals surface area contributed by atoms with Gasteiger partial charge in [-0.05, 0) is 43.0 Å². The number of benzene rings is 1. The first kappa shape index (κ1) is 16.6. The van der Waals surface area contributed by atoms with Crippen LogP contribution in [0.3, 0.4) is 0 Å². The third kappa shape index (κ3) is 3.62. The van der Waals surface area contributed by atoms with Crippen molar-refractivity contribution < 1.29 is 18.7 Å². The smallest absolute Gasteiger partial charge is 0.335 e. The lowest BCUT2D eigenvalue weighted by Crippen LogP contribution is -2.29. The third-order valence-electron chi connectivity index (χ3n) is 4.34. The Morgan fingerprint density at radius 1 is 1.42 bits per heavy atom. The molecule has 1 heterocycles. The van der Waals surface area contributed by atoms with Crippen LogP contribution in [0.25, 0.3) is 0 Å². The molecule has 1 unspecified atom stereocenters. The van der Waals surface area contributed by atoms with Crippen LogP contribution in [0.2, 0.25) is 0 Å². The van der Waals surface area contributed by atoms with Gasteiger partial charge in [0.15, 0.2) is 0 Å². The summed E-state index contributed by atoms with van der Waals surface area (Å²) in [4.78, 5) is 11.0. The number of nitrogens with one attached hydrogen (secondary N) is 1. The van der Waals surface area contributed by atoms with Gasteiger partial charge in [0.05, 0.1) is 11.3 Å². The van der Waals surface area contributed by atoms with E-state index < -0.39 is 18.9 Å². The molecular weight excluding hydrogens is 316 g/mol. The monoisotopic (exact) mass is 335 g/mol. The average molecular weight is 335 g/mol. The summed E-state index contributed by atoms with van der Waals surface area (Å²) >= 11 is 0. The molecule has 0 bridgehead atoms. The van der Waals surface area contributed by atoms with Crippen molar-refractivity contribution >= 4 is 5.97 Å². The Labute approximate surface area is 138 Å². The molecule has 1 aromatic carbocycles. The zero-order valence-electron chi connectivity index (χ0n) is 13.3. The summed E-state index contributed by atoms with van der Waals surface area (Å²) in [5, 5.41) is 16.6. The molecule has 0 saturated carbocycles. The second kappa shape index (κ2) is 6.68. The van der Waals surface area contributed by atoms with E-state index in [2.05, 4.69) is 10.4 Å². The van der Waals surface area contributed by atoms with Crippen molar-refractivity contribution in [3.8, 4) is 0 Å². The first-order valence-electron chi connectivity index (χ1n) is 7.82. The van der Waals surface area contributed by atoms with E-state index in [0.717, 1.165) is 35.2 Å². The van der Waals surface area contributed by atoms with Crippen LogP contribution in [0.1, 0.15) is 32.7 Å². The van der Waals surface area contributed by atoms with Crippen molar-refractivity contribution in [1.29, 1.82) is 0 Å². The zero-order valence-corrected chi connectivity index (χ0v) is 13.3. The molecule has 24 heavy (non-hydrogen) atoms. The Morgan fingerprint density at radius 2 is 2.17 bits per heavy atom. The summed E-state index contributed by atoms with van der Waals surface area (Å²) in [6.07, 6.45) is 0.831. The lowest BCUT2D eigenvalue weighted by Gasteiger charge is -2.11. The molecule has 2 aromatic rings. The van der Waals surface area contributed by atoms with Gasteiger partial charge in [-0.15, -0.1) is 0 Å². The molecule has 1 atom stereocenters. The number of aryl methyl sites for hydroxylation is 1. The number of carboxylic acids is 1. The highest BCUT2D eigenvalue weighted by atomic mass is 19.3. The second-order valence-corrected chi connectivity index (χ2v) is 6.13. The molecule has 3 rings (SSSR count). The standard InChI is InChI=1S/C17H19F2N3O2/c1-10-14(8-22(21-10)9-16(18)19)7-20-15-5-11-2-3-12(17(23)24)4-13(11)6-15/h2-4,8,15-16,20H,5-7,9H2,1H3,(H,23,24). The van der Waals surface area contributed by atoms with Crippen molar-refractivity contribution in [1.82, 2.24) is 15.1 Å². The van der Waals surface area contributed by atoms with Crippen LogP contribution in [-0.4, -0.2) is 33.3 Å². The maximum atomic E-state index is 12.4. The van der Waals surface area contributed by atoms with E-state index in [9.17, 15) is 13.6 Å². The fraction of sp³-hybridized carbons (Fsp3) is 0.412. The van der Waals surface area contributed by atoms with Crippen molar-refractivity contribution in [3.05, 3.63) is 52.3 Å². The van der Waals surface area contributed by atoms with Crippen molar-refractivity contribution in [2.24, 2.45) is 0 Å². The number of rotatable bonds is 6. The van der Waals surface area contributed by atoms with Crippen molar-refractivity contribution in [2.75, 3.05) is 0 Å². The first-order chi connectivity index (χ1) is 11.4. The summed E-state index contributed by atoms with van der Waals surface area (Å²) < 4.78 is 26.1. The van der Waals surface area contributed by atoms with Gasteiger partial charge in [-0.2, -0.15) is 5.10 Å². The van der Waals surface area contributed by atoms with E-state index in [1.54, 1.807) is 18.3 Å². The summed E-state index contributed by atoms with van der Waals surface area (Å²) in [6.45, 7) is 1.97. The van der Waals surface area contributed by atoms with Gasteiger partial charge in [-0.3, -0.25) is 4.68 Å². The van der Waals surface area contributed by atoms with Crippen LogP contribution in [0.4, 0.5) is 8.78 Å². The van der Waals surface area contributed by atoms with Gasteiger partial charge in [0.2, 0.25) is 0 Å². The topological polar surface area (TPSA) is 67.2 Å². The number of aromatic carboxylic acids is 1. The Balaban J connectivity index is 1.60. The SMILES string of the molecule is Cc1nn(CC(F)F)cc1CNC1Cc2ccc(C(=O)O)cc2C1.